The highest BCUT2D eigenvalue weighted by Gasteiger charge is 2.37. The summed E-state index contributed by atoms with van der Waals surface area (Å²) in [6, 6.07) is 15.9. The van der Waals surface area contributed by atoms with Crippen molar-refractivity contribution in [3.05, 3.63) is 77.1 Å². The molecule has 1 fully saturated rings. The van der Waals surface area contributed by atoms with Gasteiger partial charge in [-0.1, -0.05) is 24.3 Å². The smallest absolute Gasteiger partial charge is 0.273 e. The minimum atomic E-state index is -0.541. The Bertz CT molecular complexity index is 1160. The summed E-state index contributed by atoms with van der Waals surface area (Å²) in [6.07, 6.45) is -0.495. The third kappa shape index (κ3) is 4.95. The Kier molecular flexibility index (Phi) is 6.95. The monoisotopic (exact) mass is 464 g/mol. The van der Waals surface area contributed by atoms with Crippen LogP contribution in [0.4, 0.5) is 5.69 Å². The fourth-order valence-electron chi connectivity index (χ4n) is 4.12. The number of aromatic nitrogens is 2. The van der Waals surface area contributed by atoms with Crippen molar-refractivity contribution in [1.29, 1.82) is 0 Å². The minimum Gasteiger partial charge on any atom is -0.497 e. The molecule has 0 unspecified atom stereocenters. The third-order valence-corrected chi connectivity index (χ3v) is 5.89. The molecular formula is C25H28N4O5. The van der Waals surface area contributed by atoms with E-state index in [0.29, 0.717) is 17.9 Å². The molecule has 2 N–H and O–H groups in total. The van der Waals surface area contributed by atoms with Gasteiger partial charge in [0.15, 0.2) is 0 Å². The van der Waals surface area contributed by atoms with Crippen LogP contribution in [0.15, 0.2) is 54.6 Å². The van der Waals surface area contributed by atoms with E-state index in [1.807, 2.05) is 43.3 Å². The van der Waals surface area contributed by atoms with Crippen LogP contribution >= 0.6 is 0 Å². The Morgan fingerprint density at radius 2 is 1.91 bits per heavy atom. The Morgan fingerprint density at radius 3 is 2.50 bits per heavy atom. The van der Waals surface area contributed by atoms with E-state index < -0.39 is 12.1 Å². The molecular weight excluding hydrogens is 436 g/mol. The number of nitrogens with zero attached hydrogens (tertiary/aromatic N) is 3. The standard InChI is InChI=1S/C25H28N4O5/c1-16-12-21(28(2)27-16)25(32)26-19-8-6-18(7-9-19)24-22(14-30)29(23(31)15-34-24)13-17-4-10-20(33-3)11-5-17/h4-12,22,24,30H,13-15H2,1-3H3,(H,26,32)/t22-,24-/m1/s1. The zero-order valence-corrected chi connectivity index (χ0v) is 19.4. The van der Waals surface area contributed by atoms with Crippen LogP contribution < -0.4 is 10.1 Å². The number of aryl methyl sites for hydroxylation is 2. The molecule has 1 aromatic heterocycles. The first kappa shape index (κ1) is 23.5. The quantitative estimate of drug-likeness (QED) is 0.557. The van der Waals surface area contributed by atoms with E-state index in [1.54, 1.807) is 37.3 Å². The van der Waals surface area contributed by atoms with Gasteiger partial charge in [0.05, 0.1) is 25.5 Å². The molecule has 34 heavy (non-hydrogen) atoms. The Hall–Kier alpha value is -3.69. The molecule has 0 spiro atoms. The van der Waals surface area contributed by atoms with Gasteiger partial charge in [0.1, 0.15) is 24.2 Å². The molecule has 3 aromatic rings. The molecule has 1 saturated heterocycles. The lowest BCUT2D eigenvalue weighted by molar-refractivity contribution is -0.162. The van der Waals surface area contributed by atoms with Gasteiger partial charge in [-0.05, 0) is 48.4 Å². The molecule has 1 aliphatic rings. The van der Waals surface area contributed by atoms with Crippen molar-refractivity contribution < 1.29 is 24.2 Å². The van der Waals surface area contributed by atoms with Crippen molar-refractivity contribution in [2.24, 2.45) is 7.05 Å². The van der Waals surface area contributed by atoms with E-state index in [1.165, 1.54) is 4.68 Å². The summed E-state index contributed by atoms with van der Waals surface area (Å²) in [7, 11) is 3.32. The van der Waals surface area contributed by atoms with Crippen molar-refractivity contribution in [2.45, 2.75) is 25.6 Å². The lowest BCUT2D eigenvalue weighted by Crippen LogP contribution is -2.52. The van der Waals surface area contributed by atoms with E-state index in [4.69, 9.17) is 9.47 Å². The first-order chi connectivity index (χ1) is 16.4. The number of nitrogens with one attached hydrogen (secondary N) is 1. The fraction of sp³-hybridized carbons (Fsp3) is 0.320. The number of ether oxygens (including phenoxy) is 2. The second-order valence-corrected chi connectivity index (χ2v) is 8.22. The highest BCUT2D eigenvalue weighted by atomic mass is 16.5. The summed E-state index contributed by atoms with van der Waals surface area (Å²) in [5, 5.41) is 17.2. The molecule has 9 heteroatoms. The highest BCUT2D eigenvalue weighted by Crippen LogP contribution is 2.31. The van der Waals surface area contributed by atoms with Gasteiger partial charge in [0.25, 0.3) is 5.91 Å². The van der Waals surface area contributed by atoms with E-state index in [-0.39, 0.29) is 25.0 Å². The highest BCUT2D eigenvalue weighted by molar-refractivity contribution is 6.03. The summed E-state index contributed by atoms with van der Waals surface area (Å²) in [4.78, 5) is 26.8. The average Bonchev–Trinajstić information content (AvgIpc) is 3.19. The predicted molar refractivity (Wildman–Crippen MR) is 125 cm³/mol. The number of hydrogen-bond donors (Lipinski definition) is 2. The molecule has 0 aliphatic carbocycles. The number of anilines is 1. The largest absolute Gasteiger partial charge is 0.497 e. The second kappa shape index (κ2) is 10.1. The number of amides is 2. The van der Waals surface area contributed by atoms with Crippen molar-refractivity contribution >= 4 is 17.5 Å². The van der Waals surface area contributed by atoms with Gasteiger partial charge in [-0.25, -0.2) is 0 Å². The first-order valence-corrected chi connectivity index (χ1v) is 11.0. The van der Waals surface area contributed by atoms with Gasteiger partial charge in [0, 0.05) is 19.3 Å². The minimum absolute atomic E-state index is 0.0738. The number of benzene rings is 2. The molecule has 0 bridgehead atoms. The number of carbonyl (C=O) groups excluding carboxylic acids is 2. The zero-order chi connectivity index (χ0) is 24.2. The number of methoxy groups -OCH3 is 1. The van der Waals surface area contributed by atoms with E-state index >= 15 is 0 Å². The van der Waals surface area contributed by atoms with Gasteiger partial charge >= 0.3 is 0 Å². The molecule has 4 rings (SSSR count). The lowest BCUT2D eigenvalue weighted by atomic mass is 9.98. The normalized spacial score (nSPS) is 18.1. The maximum atomic E-state index is 12.6. The maximum Gasteiger partial charge on any atom is 0.273 e. The Balaban J connectivity index is 1.48. The maximum absolute atomic E-state index is 12.6. The Morgan fingerprint density at radius 1 is 1.21 bits per heavy atom. The van der Waals surface area contributed by atoms with Crippen molar-refractivity contribution in [3.63, 3.8) is 0 Å². The van der Waals surface area contributed by atoms with Gasteiger partial charge < -0.3 is 24.8 Å². The SMILES string of the molecule is COc1ccc(CN2C(=O)CO[C@H](c3ccc(NC(=O)c4cc(C)nn4C)cc3)[C@H]2CO)cc1. The van der Waals surface area contributed by atoms with Crippen LogP contribution in [0, 0.1) is 6.92 Å². The van der Waals surface area contributed by atoms with Crippen molar-refractivity contribution in [2.75, 3.05) is 25.6 Å². The molecule has 2 atom stereocenters. The number of rotatable bonds is 7. The fourth-order valence-corrected chi connectivity index (χ4v) is 4.12. The Labute approximate surface area is 197 Å². The van der Waals surface area contributed by atoms with E-state index in [2.05, 4.69) is 10.4 Å². The summed E-state index contributed by atoms with van der Waals surface area (Å²) < 4.78 is 12.6. The van der Waals surface area contributed by atoms with Crippen LogP contribution in [0.5, 0.6) is 5.75 Å². The van der Waals surface area contributed by atoms with E-state index in [0.717, 1.165) is 22.6 Å². The van der Waals surface area contributed by atoms with E-state index in [9.17, 15) is 14.7 Å². The summed E-state index contributed by atoms with van der Waals surface area (Å²) in [6.45, 7) is 1.86. The molecule has 178 valence electrons. The van der Waals surface area contributed by atoms with Crippen molar-refractivity contribution in [1.82, 2.24) is 14.7 Å². The van der Waals surface area contributed by atoms with Crippen LogP contribution in [0.25, 0.3) is 0 Å². The summed E-state index contributed by atoms with van der Waals surface area (Å²) in [5.74, 6) is 0.301. The van der Waals surface area contributed by atoms with Crippen LogP contribution in [-0.4, -0.2) is 58.0 Å². The molecule has 2 heterocycles. The molecule has 2 aromatic carbocycles. The van der Waals surface area contributed by atoms with Gasteiger partial charge in [0.2, 0.25) is 5.91 Å². The van der Waals surface area contributed by atoms with Crippen LogP contribution in [-0.2, 0) is 23.1 Å². The van der Waals surface area contributed by atoms with Crippen molar-refractivity contribution in [3.8, 4) is 5.75 Å². The first-order valence-electron chi connectivity index (χ1n) is 11.0. The third-order valence-electron chi connectivity index (χ3n) is 5.89. The number of aliphatic hydroxyl groups is 1. The molecule has 0 radical (unpaired) electrons. The zero-order valence-electron chi connectivity index (χ0n) is 19.4. The topological polar surface area (TPSA) is 106 Å². The van der Waals surface area contributed by atoms with Crippen LogP contribution in [0.1, 0.15) is 33.4 Å². The molecule has 9 nitrogen and oxygen atoms in total. The predicted octanol–water partition coefficient (Wildman–Crippen LogP) is 2.45. The van der Waals surface area contributed by atoms with Gasteiger partial charge in [-0.15, -0.1) is 0 Å². The van der Waals surface area contributed by atoms with Gasteiger partial charge in [-0.3, -0.25) is 14.3 Å². The lowest BCUT2D eigenvalue weighted by Gasteiger charge is -2.40. The number of carbonyl (C=O) groups is 2. The molecule has 0 saturated carbocycles. The van der Waals surface area contributed by atoms with Crippen LogP contribution in [0.3, 0.4) is 0 Å². The van der Waals surface area contributed by atoms with Crippen LogP contribution in [0.2, 0.25) is 0 Å². The summed E-state index contributed by atoms with van der Waals surface area (Å²) in [5.41, 5.74) is 3.58. The number of hydrogen-bond acceptors (Lipinski definition) is 6. The van der Waals surface area contributed by atoms with Gasteiger partial charge in [-0.2, -0.15) is 5.10 Å². The summed E-state index contributed by atoms with van der Waals surface area (Å²) >= 11 is 0. The second-order valence-electron chi connectivity index (χ2n) is 8.22. The molecule has 2 amide bonds. The average molecular weight is 465 g/mol. The number of aliphatic hydroxyl groups excluding tert-OH is 1. The molecule has 1 aliphatic heterocycles. The number of morpholine rings is 1.